The normalized spacial score (nSPS) is 12.5. The molecule has 148 valence electrons. The van der Waals surface area contributed by atoms with E-state index in [9.17, 15) is 14.3 Å². The molecule has 5 nitrogen and oxygen atoms in total. The summed E-state index contributed by atoms with van der Waals surface area (Å²) in [4.78, 5) is 10.8. The van der Waals surface area contributed by atoms with E-state index in [1.54, 1.807) is 0 Å². The molecule has 6 heteroatoms. The number of hydrogen-bond donors (Lipinski definition) is 1. The topological polar surface area (TPSA) is 65.0 Å². The van der Waals surface area contributed by atoms with Crippen LogP contribution >= 0.6 is 0 Å². The molecule has 0 bridgehead atoms. The highest BCUT2D eigenvalue weighted by molar-refractivity contribution is 5.79. The van der Waals surface area contributed by atoms with Gasteiger partial charge < -0.3 is 19.3 Å². The minimum Gasteiger partial charge on any atom is -0.507 e. The number of phenols is 1. The first-order chi connectivity index (χ1) is 14.1. The first kappa shape index (κ1) is 18.8. The molecule has 0 amide bonds. The summed E-state index contributed by atoms with van der Waals surface area (Å²) in [6.07, 6.45) is 0.392. The highest BCUT2D eigenvalue weighted by atomic mass is 19.1. The number of carbonyl (C=O) groups is 1. The van der Waals surface area contributed by atoms with Crippen LogP contribution in [0.1, 0.15) is 21.5 Å². The van der Waals surface area contributed by atoms with Gasteiger partial charge in [0, 0.05) is 6.07 Å². The fourth-order valence-corrected chi connectivity index (χ4v) is 3.28. The van der Waals surface area contributed by atoms with Gasteiger partial charge in [-0.3, -0.25) is 4.79 Å². The summed E-state index contributed by atoms with van der Waals surface area (Å²) in [5.74, 6) is 0.301. The molecule has 0 saturated heterocycles. The second-order valence-electron chi connectivity index (χ2n) is 6.70. The highest BCUT2D eigenvalue weighted by Gasteiger charge is 2.15. The van der Waals surface area contributed by atoms with Gasteiger partial charge in [-0.25, -0.2) is 4.39 Å². The molecule has 0 unspecified atom stereocenters. The third-order valence-electron chi connectivity index (χ3n) is 4.89. The molecule has 0 atom stereocenters. The molecule has 1 N–H and O–H groups in total. The van der Waals surface area contributed by atoms with Gasteiger partial charge in [0.25, 0.3) is 0 Å². The predicted octanol–water partition coefficient (Wildman–Crippen LogP) is 4.67. The Bertz CT molecular complexity index is 1080. The molecule has 1 heterocycles. The number of phenolic OH excluding ortho intramolecular Hbond substituents is 1. The molecular weight excluding hydrogens is 375 g/mol. The zero-order valence-electron chi connectivity index (χ0n) is 15.8. The van der Waals surface area contributed by atoms with Crippen molar-refractivity contribution in [3.8, 4) is 34.1 Å². The van der Waals surface area contributed by atoms with Gasteiger partial charge in [0.05, 0.1) is 5.56 Å². The quantitative estimate of drug-likeness (QED) is 0.637. The Hall–Kier alpha value is -3.54. The average Bonchev–Trinajstić information content (AvgIpc) is 2.74. The lowest BCUT2D eigenvalue weighted by Gasteiger charge is -2.20. The summed E-state index contributed by atoms with van der Waals surface area (Å²) in [7, 11) is 0. The van der Waals surface area contributed by atoms with E-state index >= 15 is 0 Å². The Morgan fingerprint density at radius 3 is 2.69 bits per heavy atom. The molecule has 3 aromatic rings. The van der Waals surface area contributed by atoms with Gasteiger partial charge in [0.15, 0.2) is 29.4 Å². The van der Waals surface area contributed by atoms with Crippen LogP contribution in [0.25, 0.3) is 11.1 Å². The molecule has 0 aliphatic carbocycles. The van der Waals surface area contributed by atoms with Crippen LogP contribution < -0.4 is 14.2 Å². The van der Waals surface area contributed by atoms with Gasteiger partial charge in [-0.1, -0.05) is 24.3 Å². The van der Waals surface area contributed by atoms with Gasteiger partial charge in [0.1, 0.15) is 25.6 Å². The number of rotatable bonds is 5. The van der Waals surface area contributed by atoms with Crippen molar-refractivity contribution in [3.05, 3.63) is 71.0 Å². The lowest BCUT2D eigenvalue weighted by Crippen LogP contribution is -2.15. The second-order valence-corrected chi connectivity index (χ2v) is 6.70. The number of halogens is 1. The molecule has 1 aliphatic rings. The van der Waals surface area contributed by atoms with Crippen LogP contribution in [0.2, 0.25) is 0 Å². The van der Waals surface area contributed by atoms with Gasteiger partial charge in [0.2, 0.25) is 0 Å². The van der Waals surface area contributed by atoms with E-state index in [1.807, 2.05) is 43.3 Å². The number of ether oxygens (including phenoxy) is 3. The Kier molecular flexibility index (Phi) is 5.08. The molecule has 0 spiro atoms. The van der Waals surface area contributed by atoms with Crippen LogP contribution in [0.3, 0.4) is 0 Å². The fraction of sp³-hybridized carbons (Fsp3) is 0.174. The van der Waals surface area contributed by atoms with E-state index in [4.69, 9.17) is 14.2 Å². The van der Waals surface area contributed by atoms with Crippen molar-refractivity contribution in [1.29, 1.82) is 0 Å². The number of fused-ring (bicyclic) bond motifs is 1. The van der Waals surface area contributed by atoms with E-state index in [0.717, 1.165) is 40.1 Å². The van der Waals surface area contributed by atoms with Crippen molar-refractivity contribution in [2.24, 2.45) is 0 Å². The van der Waals surface area contributed by atoms with Crippen LogP contribution in [-0.2, 0) is 6.61 Å². The molecule has 0 saturated carbocycles. The molecule has 1 aliphatic heterocycles. The third-order valence-corrected chi connectivity index (χ3v) is 4.89. The molecule has 0 radical (unpaired) electrons. The average molecular weight is 394 g/mol. The van der Waals surface area contributed by atoms with Crippen molar-refractivity contribution in [2.75, 3.05) is 13.2 Å². The van der Waals surface area contributed by atoms with Crippen LogP contribution in [0, 0.1) is 12.7 Å². The third kappa shape index (κ3) is 3.74. The van der Waals surface area contributed by atoms with E-state index in [2.05, 4.69) is 0 Å². The lowest BCUT2D eigenvalue weighted by atomic mass is 9.96. The van der Waals surface area contributed by atoms with Crippen molar-refractivity contribution < 1.29 is 28.5 Å². The lowest BCUT2D eigenvalue weighted by molar-refractivity contribution is 0.112. The number of benzene rings is 3. The maximum Gasteiger partial charge on any atom is 0.166 e. The Balaban J connectivity index is 1.59. The molecule has 4 rings (SSSR count). The van der Waals surface area contributed by atoms with E-state index in [1.165, 1.54) is 0 Å². The molecule has 0 fully saturated rings. The molecule has 29 heavy (non-hydrogen) atoms. The number of carbonyl (C=O) groups excluding carboxylic acids is 1. The van der Waals surface area contributed by atoms with Crippen molar-refractivity contribution in [2.45, 2.75) is 13.5 Å². The second kappa shape index (κ2) is 7.83. The Morgan fingerprint density at radius 1 is 1.10 bits per heavy atom. The van der Waals surface area contributed by atoms with E-state index in [-0.39, 0.29) is 23.7 Å². The minimum atomic E-state index is -0.703. The van der Waals surface area contributed by atoms with Gasteiger partial charge in [-0.05, 0) is 47.4 Å². The molecular formula is C23H19FO5. The van der Waals surface area contributed by atoms with E-state index < -0.39 is 5.82 Å². The monoisotopic (exact) mass is 394 g/mol. The van der Waals surface area contributed by atoms with Crippen LogP contribution in [0.5, 0.6) is 23.0 Å². The summed E-state index contributed by atoms with van der Waals surface area (Å²) in [5.41, 5.74) is 3.72. The van der Waals surface area contributed by atoms with Crippen molar-refractivity contribution in [3.63, 3.8) is 0 Å². The number of hydrogen-bond acceptors (Lipinski definition) is 5. The summed E-state index contributed by atoms with van der Waals surface area (Å²) in [6.45, 7) is 3.14. The van der Waals surface area contributed by atoms with Crippen LogP contribution in [0.4, 0.5) is 4.39 Å². The first-order valence-corrected chi connectivity index (χ1v) is 9.16. The zero-order valence-corrected chi connectivity index (χ0v) is 15.8. The number of aldehydes is 1. The summed E-state index contributed by atoms with van der Waals surface area (Å²) < 4.78 is 30.9. The Morgan fingerprint density at radius 2 is 1.90 bits per heavy atom. The Labute approximate surface area is 167 Å². The van der Waals surface area contributed by atoms with Gasteiger partial charge in [-0.2, -0.15) is 0 Å². The first-order valence-electron chi connectivity index (χ1n) is 9.16. The zero-order chi connectivity index (χ0) is 20.4. The smallest absolute Gasteiger partial charge is 0.166 e. The van der Waals surface area contributed by atoms with E-state index in [0.29, 0.717) is 25.2 Å². The highest BCUT2D eigenvalue weighted by Crippen LogP contribution is 2.36. The van der Waals surface area contributed by atoms with Gasteiger partial charge >= 0.3 is 0 Å². The van der Waals surface area contributed by atoms with Crippen LogP contribution in [0.15, 0.2) is 48.5 Å². The fourth-order valence-electron chi connectivity index (χ4n) is 3.28. The summed E-state index contributed by atoms with van der Waals surface area (Å²) >= 11 is 0. The van der Waals surface area contributed by atoms with Gasteiger partial charge in [-0.15, -0.1) is 0 Å². The van der Waals surface area contributed by atoms with Crippen molar-refractivity contribution in [1.82, 2.24) is 0 Å². The maximum atomic E-state index is 14.1. The standard InChI is InChI=1S/C23H19FO5/c1-14-16(13-29-22-11-20(26)17(12-25)9-19(22)24)3-2-4-18(14)15-5-6-21-23(10-15)28-8-7-27-21/h2-6,9-12,26H,7-8,13H2,1H3. The number of aromatic hydroxyl groups is 1. The maximum absolute atomic E-state index is 14.1. The SMILES string of the molecule is Cc1c(COc2cc(O)c(C=O)cc2F)cccc1-c1ccc2c(c1)OCCO2. The largest absolute Gasteiger partial charge is 0.507 e. The molecule has 0 aromatic heterocycles. The predicted molar refractivity (Wildman–Crippen MR) is 105 cm³/mol. The molecule has 3 aromatic carbocycles. The van der Waals surface area contributed by atoms with Crippen LogP contribution in [-0.4, -0.2) is 24.6 Å². The summed E-state index contributed by atoms with van der Waals surface area (Å²) in [5, 5.41) is 9.76. The van der Waals surface area contributed by atoms with Crippen molar-refractivity contribution >= 4 is 6.29 Å². The summed E-state index contributed by atoms with van der Waals surface area (Å²) in [6, 6.07) is 13.7. The minimum absolute atomic E-state index is 0.112.